The molecular formula is C17H12ClN3O5S. The van der Waals surface area contributed by atoms with Crippen molar-refractivity contribution < 1.29 is 19.2 Å². The lowest BCUT2D eigenvalue weighted by Crippen LogP contribution is -2.30. The molecule has 0 radical (unpaired) electrons. The van der Waals surface area contributed by atoms with Gasteiger partial charge in [-0.15, -0.1) is 11.3 Å². The molecule has 8 nitrogen and oxygen atoms in total. The maximum atomic E-state index is 12.3. The van der Waals surface area contributed by atoms with Gasteiger partial charge in [-0.2, -0.15) is 0 Å². The van der Waals surface area contributed by atoms with Crippen LogP contribution in [0.25, 0.3) is 10.1 Å². The molecule has 10 heteroatoms. The number of nitrogens with zero attached hydrogens (tertiary/aromatic N) is 2. The fourth-order valence-electron chi connectivity index (χ4n) is 2.19. The average molecular weight is 406 g/mol. The molecule has 3 aromatic rings. The molecule has 1 atom stereocenters. The first-order valence-electron chi connectivity index (χ1n) is 7.65. The van der Waals surface area contributed by atoms with Gasteiger partial charge in [0, 0.05) is 28.4 Å². The summed E-state index contributed by atoms with van der Waals surface area (Å²) < 4.78 is 5.88. The van der Waals surface area contributed by atoms with Gasteiger partial charge in [0.2, 0.25) is 0 Å². The largest absolute Gasteiger partial charge is 0.448 e. The lowest BCUT2D eigenvalue weighted by Gasteiger charge is -2.12. The van der Waals surface area contributed by atoms with E-state index in [-0.39, 0.29) is 16.4 Å². The summed E-state index contributed by atoms with van der Waals surface area (Å²) in [7, 11) is 0. The van der Waals surface area contributed by atoms with Crippen molar-refractivity contribution in [3.63, 3.8) is 0 Å². The summed E-state index contributed by atoms with van der Waals surface area (Å²) in [5.41, 5.74) is -0.0663. The van der Waals surface area contributed by atoms with Crippen molar-refractivity contribution >= 4 is 56.4 Å². The Hall–Kier alpha value is -3.04. The van der Waals surface area contributed by atoms with Gasteiger partial charge in [0.1, 0.15) is 10.7 Å². The van der Waals surface area contributed by atoms with Gasteiger partial charge >= 0.3 is 5.97 Å². The smallest absolute Gasteiger partial charge is 0.349 e. The van der Waals surface area contributed by atoms with Gasteiger partial charge in [0.15, 0.2) is 6.10 Å². The van der Waals surface area contributed by atoms with E-state index in [1.165, 1.54) is 37.4 Å². The van der Waals surface area contributed by atoms with E-state index in [4.69, 9.17) is 16.3 Å². The SMILES string of the molecule is C[C@@H](OC(=O)c1cc2cc([N+](=O)[O-])ccc2s1)C(=O)Nc1ccc(Cl)cn1. The number of rotatable bonds is 5. The molecule has 0 aliphatic heterocycles. The van der Waals surface area contributed by atoms with Crippen LogP contribution in [0.5, 0.6) is 0 Å². The van der Waals surface area contributed by atoms with Crippen LogP contribution in [0.1, 0.15) is 16.6 Å². The Bertz CT molecular complexity index is 1030. The minimum atomic E-state index is -1.06. The number of nitrogens with one attached hydrogen (secondary N) is 1. The summed E-state index contributed by atoms with van der Waals surface area (Å²) in [4.78, 5) is 38.9. The van der Waals surface area contributed by atoms with Crippen molar-refractivity contribution in [1.29, 1.82) is 0 Å². The van der Waals surface area contributed by atoms with Gasteiger partial charge in [0.05, 0.1) is 9.95 Å². The van der Waals surface area contributed by atoms with Crippen molar-refractivity contribution in [2.75, 3.05) is 5.32 Å². The minimum Gasteiger partial charge on any atom is -0.448 e. The molecule has 27 heavy (non-hydrogen) atoms. The molecule has 138 valence electrons. The van der Waals surface area contributed by atoms with Crippen LogP contribution in [-0.4, -0.2) is 27.9 Å². The molecule has 0 bridgehead atoms. The molecule has 0 fully saturated rings. The van der Waals surface area contributed by atoms with Gasteiger partial charge in [-0.1, -0.05) is 11.6 Å². The number of non-ortho nitro benzene ring substituents is 1. The van der Waals surface area contributed by atoms with Gasteiger partial charge in [-0.05, 0) is 31.2 Å². The number of esters is 1. The summed E-state index contributed by atoms with van der Waals surface area (Å²) >= 11 is 6.86. The Morgan fingerprint density at radius 1 is 1.30 bits per heavy atom. The first-order chi connectivity index (χ1) is 12.8. The molecule has 3 rings (SSSR count). The summed E-state index contributed by atoms with van der Waals surface area (Å²) in [6, 6.07) is 8.90. The average Bonchev–Trinajstić information content (AvgIpc) is 3.06. The van der Waals surface area contributed by atoms with Crippen LogP contribution in [-0.2, 0) is 9.53 Å². The highest BCUT2D eigenvalue weighted by Crippen LogP contribution is 2.29. The van der Waals surface area contributed by atoms with Crippen molar-refractivity contribution in [2.45, 2.75) is 13.0 Å². The number of benzene rings is 1. The van der Waals surface area contributed by atoms with Crippen LogP contribution in [0, 0.1) is 10.1 Å². The number of hydrogen-bond acceptors (Lipinski definition) is 7. The molecule has 0 unspecified atom stereocenters. The number of thiophene rings is 1. The molecule has 0 aliphatic carbocycles. The van der Waals surface area contributed by atoms with Gasteiger partial charge in [-0.25, -0.2) is 9.78 Å². The number of pyridine rings is 1. The van der Waals surface area contributed by atoms with E-state index in [9.17, 15) is 19.7 Å². The number of nitro groups is 1. The summed E-state index contributed by atoms with van der Waals surface area (Å²) in [6.07, 6.45) is 0.319. The van der Waals surface area contributed by atoms with Crippen molar-refractivity contribution in [3.05, 3.63) is 62.6 Å². The zero-order valence-corrected chi connectivity index (χ0v) is 15.4. The third-order valence-corrected chi connectivity index (χ3v) is 4.86. The Balaban J connectivity index is 1.68. The number of amides is 1. The van der Waals surface area contributed by atoms with Gasteiger partial charge < -0.3 is 10.1 Å². The van der Waals surface area contributed by atoms with E-state index >= 15 is 0 Å². The number of nitro benzene ring substituents is 1. The Kier molecular flexibility index (Phi) is 5.33. The van der Waals surface area contributed by atoms with Crippen molar-refractivity contribution in [3.8, 4) is 0 Å². The third-order valence-electron chi connectivity index (χ3n) is 3.54. The number of hydrogen-bond donors (Lipinski definition) is 1. The maximum absolute atomic E-state index is 12.3. The van der Waals surface area contributed by atoms with Crippen LogP contribution in [0.15, 0.2) is 42.6 Å². The van der Waals surface area contributed by atoms with Crippen LogP contribution >= 0.6 is 22.9 Å². The fourth-order valence-corrected chi connectivity index (χ4v) is 3.23. The lowest BCUT2D eigenvalue weighted by molar-refractivity contribution is -0.384. The highest BCUT2D eigenvalue weighted by molar-refractivity contribution is 7.20. The van der Waals surface area contributed by atoms with E-state index < -0.39 is 22.9 Å². The molecule has 0 saturated heterocycles. The number of carbonyl (C=O) groups excluding carboxylic acids is 2. The normalized spacial score (nSPS) is 11.8. The van der Waals surface area contributed by atoms with E-state index in [2.05, 4.69) is 10.3 Å². The number of ether oxygens (including phenoxy) is 1. The highest BCUT2D eigenvalue weighted by atomic mass is 35.5. The summed E-state index contributed by atoms with van der Waals surface area (Å²) in [5, 5.41) is 14.3. The Morgan fingerprint density at radius 2 is 2.07 bits per heavy atom. The van der Waals surface area contributed by atoms with Crippen LogP contribution in [0.2, 0.25) is 5.02 Å². The first-order valence-corrected chi connectivity index (χ1v) is 8.84. The van der Waals surface area contributed by atoms with Gasteiger partial charge in [-0.3, -0.25) is 14.9 Å². The molecule has 0 aliphatic rings. The maximum Gasteiger partial charge on any atom is 0.349 e. The minimum absolute atomic E-state index is 0.0663. The quantitative estimate of drug-likeness (QED) is 0.389. The monoisotopic (exact) mass is 405 g/mol. The van der Waals surface area contributed by atoms with E-state index in [1.54, 1.807) is 12.1 Å². The highest BCUT2D eigenvalue weighted by Gasteiger charge is 2.21. The lowest BCUT2D eigenvalue weighted by atomic mass is 10.2. The molecule has 0 spiro atoms. The number of halogens is 1. The van der Waals surface area contributed by atoms with Crippen molar-refractivity contribution in [1.82, 2.24) is 4.98 Å². The zero-order valence-electron chi connectivity index (χ0n) is 13.8. The predicted molar refractivity (Wildman–Crippen MR) is 101 cm³/mol. The third kappa shape index (κ3) is 4.39. The second-order valence-corrected chi connectivity index (χ2v) is 7.01. The summed E-state index contributed by atoms with van der Waals surface area (Å²) in [5.74, 6) is -0.957. The zero-order chi connectivity index (χ0) is 19.6. The van der Waals surface area contributed by atoms with Crippen molar-refractivity contribution in [2.24, 2.45) is 0 Å². The number of fused-ring (bicyclic) bond motifs is 1. The van der Waals surface area contributed by atoms with Crippen LogP contribution in [0.3, 0.4) is 0 Å². The topological polar surface area (TPSA) is 111 Å². The number of carbonyl (C=O) groups is 2. The second-order valence-electron chi connectivity index (χ2n) is 5.49. The fraction of sp³-hybridized carbons (Fsp3) is 0.118. The van der Waals surface area contributed by atoms with Crippen LogP contribution < -0.4 is 5.32 Å². The standard InChI is InChI=1S/C17H12ClN3O5S/c1-9(16(22)20-15-5-2-11(18)8-19-15)26-17(23)14-7-10-6-12(21(24)25)3-4-13(10)27-14/h2-9H,1H3,(H,19,20,22)/t9-/m1/s1. The summed E-state index contributed by atoms with van der Waals surface area (Å²) in [6.45, 7) is 1.43. The molecule has 1 amide bonds. The van der Waals surface area contributed by atoms with Crippen LogP contribution in [0.4, 0.5) is 11.5 Å². The molecule has 2 aromatic heterocycles. The molecule has 0 saturated carbocycles. The van der Waals surface area contributed by atoms with E-state index in [1.807, 2.05) is 0 Å². The molecular weight excluding hydrogens is 394 g/mol. The molecule has 1 aromatic carbocycles. The predicted octanol–water partition coefficient (Wildman–Crippen LogP) is 4.04. The number of aromatic nitrogens is 1. The number of anilines is 1. The van der Waals surface area contributed by atoms with E-state index in [0.717, 1.165) is 11.3 Å². The second kappa shape index (κ2) is 7.68. The Morgan fingerprint density at radius 3 is 2.74 bits per heavy atom. The molecule has 2 heterocycles. The van der Waals surface area contributed by atoms with E-state index in [0.29, 0.717) is 15.1 Å². The first kappa shape index (κ1) is 18.7. The Labute approximate surface area is 161 Å². The molecule has 1 N–H and O–H groups in total. The van der Waals surface area contributed by atoms with Gasteiger partial charge in [0.25, 0.3) is 11.6 Å².